The molecule has 1 amide bonds. The Bertz CT molecular complexity index is 1430. The minimum absolute atomic E-state index is 0.305. The van der Waals surface area contributed by atoms with Gasteiger partial charge in [0.25, 0.3) is 0 Å². The average molecular weight is 579 g/mol. The van der Waals surface area contributed by atoms with Crippen molar-refractivity contribution < 1.29 is 23.8 Å². The first kappa shape index (κ1) is 30.7. The number of rotatable bonds is 10. The van der Waals surface area contributed by atoms with Crippen molar-refractivity contribution in [3.63, 3.8) is 0 Å². The summed E-state index contributed by atoms with van der Waals surface area (Å²) in [5, 5.41) is 7.85. The van der Waals surface area contributed by atoms with Crippen LogP contribution in [0.1, 0.15) is 67.2 Å². The van der Waals surface area contributed by atoms with Gasteiger partial charge in [-0.15, -0.1) is 0 Å². The highest BCUT2D eigenvalue weighted by Gasteiger charge is 2.27. The van der Waals surface area contributed by atoms with E-state index in [0.29, 0.717) is 48.2 Å². The molecule has 0 fully saturated rings. The van der Waals surface area contributed by atoms with Crippen LogP contribution in [-0.2, 0) is 29.5 Å². The topological polar surface area (TPSA) is 134 Å². The van der Waals surface area contributed by atoms with Gasteiger partial charge < -0.3 is 30.2 Å². The molecule has 226 valence electrons. The highest BCUT2D eigenvalue weighted by atomic mass is 16.6. The summed E-state index contributed by atoms with van der Waals surface area (Å²) in [6.07, 6.45) is 4.85. The molecule has 3 heterocycles. The Kier molecular flexibility index (Phi) is 9.59. The standard InChI is InChI=1S/C31H42N6O5/c1-20-16-22(29(38)40-6)17-26(35-20)23-18-34-36(5)28(23)41-15-9-7-8-13-33-27-24-19-37(30(39)42-31(2,3)4)14-12-21(24)10-11-25(27)32/h10-11,16-18,33H,7-9,12-15,19,32H2,1-6H3. The summed E-state index contributed by atoms with van der Waals surface area (Å²) >= 11 is 0. The maximum Gasteiger partial charge on any atom is 0.410 e. The van der Waals surface area contributed by atoms with E-state index in [1.807, 2.05) is 40.8 Å². The molecule has 0 aliphatic carbocycles. The summed E-state index contributed by atoms with van der Waals surface area (Å²) in [6, 6.07) is 7.36. The van der Waals surface area contributed by atoms with Crippen molar-refractivity contribution in [2.45, 2.75) is 65.5 Å². The smallest absolute Gasteiger partial charge is 0.410 e. The fraction of sp³-hybridized carbons (Fsp3) is 0.484. The number of aryl methyl sites for hydroxylation is 2. The third kappa shape index (κ3) is 7.51. The second-order valence-electron chi connectivity index (χ2n) is 11.5. The quantitative estimate of drug-likeness (QED) is 0.191. The van der Waals surface area contributed by atoms with E-state index < -0.39 is 11.6 Å². The van der Waals surface area contributed by atoms with Crippen molar-refractivity contribution in [2.24, 2.45) is 7.05 Å². The van der Waals surface area contributed by atoms with Crippen molar-refractivity contribution in [1.29, 1.82) is 0 Å². The summed E-state index contributed by atoms with van der Waals surface area (Å²) < 4.78 is 18.2. The molecule has 1 aliphatic rings. The number of aromatic nitrogens is 3. The molecule has 11 heteroatoms. The first-order valence-electron chi connectivity index (χ1n) is 14.3. The summed E-state index contributed by atoms with van der Waals surface area (Å²) in [4.78, 5) is 31.1. The molecule has 0 saturated heterocycles. The molecular formula is C31H42N6O5. The van der Waals surface area contributed by atoms with Gasteiger partial charge in [-0.2, -0.15) is 5.10 Å². The second kappa shape index (κ2) is 13.1. The van der Waals surface area contributed by atoms with Crippen LogP contribution in [0.5, 0.6) is 5.88 Å². The number of ether oxygens (including phenoxy) is 3. The zero-order valence-corrected chi connectivity index (χ0v) is 25.5. The van der Waals surface area contributed by atoms with Gasteiger partial charge in [0, 0.05) is 31.4 Å². The van der Waals surface area contributed by atoms with Crippen LogP contribution in [0.15, 0.2) is 30.5 Å². The Labute approximate surface area is 247 Å². The van der Waals surface area contributed by atoms with Crippen LogP contribution in [0.25, 0.3) is 11.3 Å². The van der Waals surface area contributed by atoms with Crippen molar-refractivity contribution in [1.82, 2.24) is 19.7 Å². The number of anilines is 2. The lowest BCUT2D eigenvalue weighted by atomic mass is 9.97. The predicted molar refractivity (Wildman–Crippen MR) is 162 cm³/mol. The van der Waals surface area contributed by atoms with Gasteiger partial charge in [0.2, 0.25) is 5.88 Å². The number of fused-ring (bicyclic) bond motifs is 1. The van der Waals surface area contributed by atoms with Crippen molar-refractivity contribution >= 4 is 23.4 Å². The van der Waals surface area contributed by atoms with E-state index in [1.165, 1.54) is 12.7 Å². The molecule has 0 radical (unpaired) electrons. The van der Waals surface area contributed by atoms with E-state index in [0.717, 1.165) is 49.0 Å². The molecule has 1 aromatic carbocycles. The highest BCUT2D eigenvalue weighted by Crippen LogP contribution is 2.33. The number of nitrogens with zero attached hydrogens (tertiary/aromatic N) is 4. The number of carbonyl (C=O) groups is 2. The lowest BCUT2D eigenvalue weighted by Gasteiger charge is -2.32. The molecule has 2 aromatic heterocycles. The molecule has 4 rings (SSSR count). The Morgan fingerprint density at radius 1 is 1.14 bits per heavy atom. The van der Waals surface area contributed by atoms with Crippen LogP contribution in [0.4, 0.5) is 16.2 Å². The largest absolute Gasteiger partial charge is 0.477 e. The number of methoxy groups -OCH3 is 1. The number of unbranched alkanes of at least 4 members (excludes halogenated alkanes) is 2. The fourth-order valence-corrected chi connectivity index (χ4v) is 4.94. The third-order valence-corrected chi connectivity index (χ3v) is 6.99. The molecule has 0 bridgehead atoms. The Hall–Kier alpha value is -4.28. The average Bonchev–Trinajstić information content (AvgIpc) is 3.31. The number of pyridine rings is 1. The van der Waals surface area contributed by atoms with Gasteiger partial charge >= 0.3 is 12.1 Å². The van der Waals surface area contributed by atoms with Crippen molar-refractivity contribution in [2.75, 3.05) is 37.9 Å². The Morgan fingerprint density at radius 2 is 1.93 bits per heavy atom. The van der Waals surface area contributed by atoms with E-state index in [9.17, 15) is 9.59 Å². The van der Waals surface area contributed by atoms with Crippen LogP contribution < -0.4 is 15.8 Å². The molecule has 0 atom stereocenters. The molecule has 11 nitrogen and oxygen atoms in total. The molecule has 0 saturated carbocycles. The number of hydrogen-bond donors (Lipinski definition) is 2. The monoisotopic (exact) mass is 578 g/mol. The maximum atomic E-state index is 12.7. The van der Waals surface area contributed by atoms with E-state index in [-0.39, 0.29) is 6.09 Å². The number of amides is 1. The summed E-state index contributed by atoms with van der Waals surface area (Å²) in [5.74, 6) is 0.181. The van der Waals surface area contributed by atoms with Crippen LogP contribution in [0.3, 0.4) is 0 Å². The zero-order chi connectivity index (χ0) is 30.4. The zero-order valence-electron chi connectivity index (χ0n) is 25.5. The molecule has 3 N–H and O–H groups in total. The number of benzene rings is 1. The van der Waals surface area contributed by atoms with Gasteiger partial charge in [-0.3, -0.25) is 4.98 Å². The van der Waals surface area contributed by atoms with E-state index >= 15 is 0 Å². The first-order valence-corrected chi connectivity index (χ1v) is 14.3. The van der Waals surface area contributed by atoms with Gasteiger partial charge in [-0.05, 0) is 77.1 Å². The number of nitrogen functional groups attached to an aromatic ring is 1. The lowest BCUT2D eigenvalue weighted by molar-refractivity contribution is 0.0224. The molecule has 3 aromatic rings. The summed E-state index contributed by atoms with van der Waals surface area (Å²) in [5.41, 5.74) is 12.1. The van der Waals surface area contributed by atoms with Gasteiger partial charge in [0.1, 0.15) is 5.60 Å². The normalized spacial score (nSPS) is 13.0. The van der Waals surface area contributed by atoms with Gasteiger partial charge in [-0.25, -0.2) is 14.3 Å². The third-order valence-electron chi connectivity index (χ3n) is 6.99. The molecule has 0 unspecified atom stereocenters. The number of esters is 1. The van der Waals surface area contributed by atoms with Gasteiger partial charge in [-0.1, -0.05) is 6.07 Å². The second-order valence-corrected chi connectivity index (χ2v) is 11.5. The number of hydrogen-bond acceptors (Lipinski definition) is 9. The number of nitrogens with one attached hydrogen (secondary N) is 1. The molecule has 1 aliphatic heterocycles. The SMILES string of the molecule is COC(=O)c1cc(C)nc(-c2cnn(C)c2OCCCCCNc2c(N)ccc3c2CN(C(=O)OC(C)(C)C)CC3)c1. The van der Waals surface area contributed by atoms with Crippen LogP contribution >= 0.6 is 0 Å². The fourth-order valence-electron chi connectivity index (χ4n) is 4.94. The number of carbonyl (C=O) groups excluding carboxylic acids is 2. The summed E-state index contributed by atoms with van der Waals surface area (Å²) in [6.45, 7) is 9.79. The number of nitrogens with two attached hydrogens (primary N) is 1. The summed E-state index contributed by atoms with van der Waals surface area (Å²) in [7, 11) is 3.17. The van der Waals surface area contributed by atoms with Crippen LogP contribution in [0, 0.1) is 6.92 Å². The lowest BCUT2D eigenvalue weighted by Crippen LogP contribution is -2.40. The Morgan fingerprint density at radius 3 is 2.67 bits per heavy atom. The maximum absolute atomic E-state index is 12.7. The molecular weight excluding hydrogens is 536 g/mol. The van der Waals surface area contributed by atoms with Crippen molar-refractivity contribution in [3.8, 4) is 17.1 Å². The van der Waals surface area contributed by atoms with Crippen LogP contribution in [0.2, 0.25) is 0 Å². The minimum atomic E-state index is -0.540. The Balaban J connectivity index is 1.29. The minimum Gasteiger partial charge on any atom is -0.477 e. The molecule has 0 spiro atoms. The predicted octanol–water partition coefficient (Wildman–Crippen LogP) is 5.11. The van der Waals surface area contributed by atoms with E-state index in [2.05, 4.69) is 21.5 Å². The highest BCUT2D eigenvalue weighted by molar-refractivity contribution is 5.90. The van der Waals surface area contributed by atoms with Crippen LogP contribution in [-0.4, -0.2) is 64.1 Å². The van der Waals surface area contributed by atoms with E-state index in [1.54, 1.807) is 27.9 Å². The van der Waals surface area contributed by atoms with Crippen molar-refractivity contribution in [3.05, 3.63) is 52.8 Å². The van der Waals surface area contributed by atoms with E-state index in [4.69, 9.17) is 19.9 Å². The first-order chi connectivity index (χ1) is 20.0. The van der Waals surface area contributed by atoms with Gasteiger partial charge in [0.05, 0.1) is 54.7 Å². The molecule has 42 heavy (non-hydrogen) atoms. The van der Waals surface area contributed by atoms with Gasteiger partial charge in [0.15, 0.2) is 0 Å².